The van der Waals surface area contributed by atoms with E-state index in [9.17, 15) is 9.59 Å². The number of aliphatic imine (C=N–C) groups is 1. The molecule has 8 heteroatoms. The van der Waals surface area contributed by atoms with Crippen LogP contribution < -0.4 is 14.8 Å². The maximum Gasteiger partial charge on any atom is 0.341 e. The Kier molecular flexibility index (Phi) is 6.79. The highest BCUT2D eigenvalue weighted by molar-refractivity contribution is 8.18. The molecule has 0 atom stereocenters. The van der Waals surface area contributed by atoms with Crippen LogP contribution in [0.25, 0.3) is 6.08 Å². The third-order valence-corrected chi connectivity index (χ3v) is 5.28. The Morgan fingerprint density at radius 2 is 2.00 bits per heavy atom. The SMILES string of the molecule is CCOc1cc(/C=C2/SC(=Nc3cccc(C)c3C)NC2=O)ccc1OCC(=O)O. The molecule has 1 aliphatic heterocycles. The van der Waals surface area contributed by atoms with Crippen molar-refractivity contribution in [2.24, 2.45) is 4.99 Å². The molecule has 1 amide bonds. The summed E-state index contributed by atoms with van der Waals surface area (Å²) < 4.78 is 10.8. The number of carbonyl (C=O) groups is 2. The molecule has 1 fully saturated rings. The molecule has 0 aromatic heterocycles. The number of carboxylic acid groups (broad SMARTS) is 1. The van der Waals surface area contributed by atoms with Crippen LogP contribution in [0.3, 0.4) is 0 Å². The summed E-state index contributed by atoms with van der Waals surface area (Å²) >= 11 is 1.26. The highest BCUT2D eigenvalue weighted by Gasteiger charge is 2.24. The van der Waals surface area contributed by atoms with Gasteiger partial charge in [-0.05, 0) is 73.5 Å². The van der Waals surface area contributed by atoms with Crippen molar-refractivity contribution >= 4 is 40.6 Å². The van der Waals surface area contributed by atoms with Gasteiger partial charge in [0.1, 0.15) is 0 Å². The second-order valence-electron chi connectivity index (χ2n) is 6.52. The average molecular weight is 426 g/mol. The molecule has 0 radical (unpaired) electrons. The van der Waals surface area contributed by atoms with Gasteiger partial charge in [0.2, 0.25) is 0 Å². The molecule has 0 saturated carbocycles. The molecule has 1 heterocycles. The minimum atomic E-state index is -1.07. The first-order valence-electron chi connectivity index (χ1n) is 9.34. The Morgan fingerprint density at radius 3 is 2.73 bits per heavy atom. The third kappa shape index (κ3) is 5.21. The van der Waals surface area contributed by atoms with E-state index >= 15 is 0 Å². The van der Waals surface area contributed by atoms with Crippen molar-refractivity contribution in [3.05, 3.63) is 58.0 Å². The monoisotopic (exact) mass is 426 g/mol. The normalized spacial score (nSPS) is 16.0. The van der Waals surface area contributed by atoms with E-state index in [-0.39, 0.29) is 5.91 Å². The molecular weight excluding hydrogens is 404 g/mol. The maximum absolute atomic E-state index is 12.4. The fraction of sp³-hybridized carbons (Fsp3) is 0.227. The number of hydrogen-bond acceptors (Lipinski definition) is 6. The summed E-state index contributed by atoms with van der Waals surface area (Å²) in [4.78, 5) is 28.2. The average Bonchev–Trinajstić information content (AvgIpc) is 3.04. The van der Waals surface area contributed by atoms with Gasteiger partial charge in [-0.25, -0.2) is 9.79 Å². The van der Waals surface area contributed by atoms with Crippen molar-refractivity contribution in [2.45, 2.75) is 20.8 Å². The van der Waals surface area contributed by atoms with E-state index in [0.29, 0.717) is 28.2 Å². The Bertz CT molecular complexity index is 1050. The van der Waals surface area contributed by atoms with Gasteiger partial charge in [0, 0.05) is 0 Å². The van der Waals surface area contributed by atoms with E-state index in [1.165, 1.54) is 11.8 Å². The Hall–Kier alpha value is -3.26. The Morgan fingerprint density at radius 1 is 1.20 bits per heavy atom. The van der Waals surface area contributed by atoms with Crippen molar-refractivity contribution in [1.82, 2.24) is 5.32 Å². The molecule has 3 rings (SSSR count). The molecular formula is C22H22N2O5S. The van der Waals surface area contributed by atoms with E-state index in [4.69, 9.17) is 14.6 Å². The molecule has 0 bridgehead atoms. The van der Waals surface area contributed by atoms with Crippen LogP contribution in [0.15, 0.2) is 46.3 Å². The van der Waals surface area contributed by atoms with E-state index in [1.807, 2.05) is 39.0 Å². The van der Waals surface area contributed by atoms with Gasteiger partial charge >= 0.3 is 5.97 Å². The molecule has 1 saturated heterocycles. The van der Waals surface area contributed by atoms with Crippen LogP contribution in [-0.2, 0) is 9.59 Å². The zero-order chi connectivity index (χ0) is 21.7. The second kappa shape index (κ2) is 9.49. The van der Waals surface area contributed by atoms with Gasteiger partial charge in [-0.1, -0.05) is 18.2 Å². The number of benzene rings is 2. The third-order valence-electron chi connectivity index (χ3n) is 4.37. The second-order valence-corrected chi connectivity index (χ2v) is 7.55. The van der Waals surface area contributed by atoms with Crippen LogP contribution in [0.4, 0.5) is 5.69 Å². The van der Waals surface area contributed by atoms with Gasteiger partial charge in [-0.3, -0.25) is 4.79 Å². The summed E-state index contributed by atoms with van der Waals surface area (Å²) in [6.07, 6.45) is 1.73. The summed E-state index contributed by atoms with van der Waals surface area (Å²) in [6, 6.07) is 10.9. The van der Waals surface area contributed by atoms with E-state index in [2.05, 4.69) is 10.3 Å². The number of hydrogen-bond donors (Lipinski definition) is 2. The van der Waals surface area contributed by atoms with Gasteiger partial charge in [0.05, 0.1) is 17.2 Å². The largest absolute Gasteiger partial charge is 0.490 e. The van der Waals surface area contributed by atoms with Gasteiger partial charge in [0.25, 0.3) is 5.91 Å². The van der Waals surface area contributed by atoms with Crippen LogP contribution in [0, 0.1) is 13.8 Å². The number of ether oxygens (including phenoxy) is 2. The lowest BCUT2D eigenvalue weighted by Gasteiger charge is -2.11. The number of amidine groups is 1. The van der Waals surface area contributed by atoms with E-state index in [0.717, 1.165) is 22.4 Å². The van der Waals surface area contributed by atoms with Crippen LogP contribution in [0.1, 0.15) is 23.6 Å². The van der Waals surface area contributed by atoms with Crippen molar-refractivity contribution < 1.29 is 24.2 Å². The number of thioether (sulfide) groups is 1. The van der Waals surface area contributed by atoms with Crippen LogP contribution in [0.2, 0.25) is 0 Å². The molecule has 0 aliphatic carbocycles. The minimum Gasteiger partial charge on any atom is -0.490 e. The number of carbonyl (C=O) groups excluding carboxylic acids is 1. The Labute approximate surface area is 178 Å². The number of carboxylic acids is 1. The van der Waals surface area contributed by atoms with Crippen LogP contribution in [-0.4, -0.2) is 35.4 Å². The van der Waals surface area contributed by atoms with Gasteiger partial charge in [-0.15, -0.1) is 0 Å². The van der Waals surface area contributed by atoms with Crippen molar-refractivity contribution in [3.8, 4) is 11.5 Å². The van der Waals surface area contributed by atoms with Crippen LogP contribution in [0.5, 0.6) is 11.5 Å². The minimum absolute atomic E-state index is 0.229. The number of rotatable bonds is 7. The fourth-order valence-electron chi connectivity index (χ4n) is 2.74. The van der Waals surface area contributed by atoms with Gasteiger partial charge < -0.3 is 19.9 Å². The highest BCUT2D eigenvalue weighted by Crippen LogP contribution is 2.33. The summed E-state index contributed by atoms with van der Waals surface area (Å²) in [5.41, 5.74) is 3.75. The first-order chi connectivity index (χ1) is 14.4. The lowest BCUT2D eigenvalue weighted by molar-refractivity contribution is -0.139. The highest BCUT2D eigenvalue weighted by atomic mass is 32.2. The predicted octanol–water partition coefficient (Wildman–Crippen LogP) is 4.06. The quantitative estimate of drug-likeness (QED) is 0.648. The number of aliphatic carboxylic acids is 1. The summed E-state index contributed by atoms with van der Waals surface area (Å²) in [7, 11) is 0. The fourth-order valence-corrected chi connectivity index (χ4v) is 3.57. The first-order valence-corrected chi connectivity index (χ1v) is 10.2. The predicted molar refractivity (Wildman–Crippen MR) is 117 cm³/mol. The molecule has 0 unspecified atom stereocenters. The summed E-state index contributed by atoms with van der Waals surface area (Å²) in [5.74, 6) is -0.547. The molecule has 1 aliphatic rings. The van der Waals surface area contributed by atoms with Gasteiger partial charge in [0.15, 0.2) is 23.3 Å². The van der Waals surface area contributed by atoms with Crippen molar-refractivity contribution in [2.75, 3.05) is 13.2 Å². The van der Waals surface area contributed by atoms with Crippen LogP contribution >= 0.6 is 11.8 Å². The molecule has 0 spiro atoms. The van der Waals surface area contributed by atoms with E-state index < -0.39 is 12.6 Å². The molecule has 2 aromatic carbocycles. The van der Waals surface area contributed by atoms with E-state index in [1.54, 1.807) is 24.3 Å². The maximum atomic E-state index is 12.4. The van der Waals surface area contributed by atoms with Crippen molar-refractivity contribution in [1.29, 1.82) is 0 Å². The lowest BCUT2D eigenvalue weighted by atomic mass is 10.1. The number of aryl methyl sites for hydroxylation is 1. The molecule has 30 heavy (non-hydrogen) atoms. The summed E-state index contributed by atoms with van der Waals surface area (Å²) in [5, 5.41) is 12.1. The topological polar surface area (TPSA) is 97.2 Å². The molecule has 156 valence electrons. The molecule has 2 N–H and O–H groups in total. The number of amides is 1. The first kappa shape index (κ1) is 21.4. The molecule has 2 aromatic rings. The zero-order valence-corrected chi connectivity index (χ0v) is 17.7. The number of nitrogens with zero attached hydrogens (tertiary/aromatic N) is 1. The smallest absolute Gasteiger partial charge is 0.341 e. The Balaban J connectivity index is 1.83. The number of nitrogens with one attached hydrogen (secondary N) is 1. The standard InChI is InChI=1S/C22H22N2O5S/c1-4-28-18-10-15(8-9-17(18)29-12-20(25)26)11-19-21(27)24-22(30-19)23-16-7-5-6-13(2)14(16)3/h5-11H,4,12H2,1-3H3,(H,25,26)(H,23,24,27)/b19-11+. The molecule has 7 nitrogen and oxygen atoms in total. The van der Waals surface area contributed by atoms with Crippen molar-refractivity contribution in [3.63, 3.8) is 0 Å². The zero-order valence-electron chi connectivity index (χ0n) is 16.9. The summed E-state index contributed by atoms with van der Waals surface area (Å²) in [6.45, 7) is 5.77. The van der Waals surface area contributed by atoms with Gasteiger partial charge in [-0.2, -0.15) is 0 Å². The lowest BCUT2D eigenvalue weighted by Crippen LogP contribution is -2.19.